The van der Waals surface area contributed by atoms with E-state index in [2.05, 4.69) is 27.9 Å². The van der Waals surface area contributed by atoms with Crippen LogP contribution in [-0.2, 0) is 4.74 Å². The molecule has 0 amide bonds. The number of epoxide rings is 1. The fraction of sp³-hybridized carbons (Fsp3) is 1.00. The fourth-order valence-electron chi connectivity index (χ4n) is 2.33. The topological polar surface area (TPSA) is 12.5 Å². The summed E-state index contributed by atoms with van der Waals surface area (Å²) in [5.41, 5.74) is 0.126. The molecular formula is C15H32ClNO. The van der Waals surface area contributed by atoms with E-state index in [1.165, 1.54) is 57.9 Å². The summed E-state index contributed by atoms with van der Waals surface area (Å²) >= 11 is 0. The van der Waals surface area contributed by atoms with Gasteiger partial charge in [0, 0.05) is 6.92 Å². The van der Waals surface area contributed by atoms with Gasteiger partial charge in [0.25, 0.3) is 0 Å². The Balaban J connectivity index is 0.00000289. The van der Waals surface area contributed by atoms with Crippen LogP contribution in [0.3, 0.4) is 0 Å². The molecule has 1 fully saturated rings. The summed E-state index contributed by atoms with van der Waals surface area (Å²) in [4.78, 5) is 0. The third-order valence-corrected chi connectivity index (χ3v) is 4.41. The molecule has 0 radical (unpaired) electrons. The summed E-state index contributed by atoms with van der Waals surface area (Å²) < 4.78 is 6.59. The van der Waals surface area contributed by atoms with Crippen molar-refractivity contribution in [2.24, 2.45) is 0 Å². The van der Waals surface area contributed by atoms with E-state index < -0.39 is 0 Å². The number of rotatable bonds is 10. The van der Waals surface area contributed by atoms with Gasteiger partial charge in [-0.25, -0.2) is 0 Å². The van der Waals surface area contributed by atoms with Gasteiger partial charge in [0.05, 0.1) is 20.6 Å². The molecule has 0 aromatic rings. The summed E-state index contributed by atoms with van der Waals surface area (Å²) in [7, 11) is 4.60. The first kappa shape index (κ1) is 18.2. The van der Waals surface area contributed by atoms with Crippen LogP contribution < -0.4 is 12.4 Å². The molecule has 1 aliphatic rings. The number of ether oxygens (including phenoxy) is 1. The molecule has 110 valence electrons. The Bertz CT molecular complexity index is 215. The maximum atomic E-state index is 5.56. The van der Waals surface area contributed by atoms with Crippen molar-refractivity contribution in [1.29, 1.82) is 0 Å². The quantitative estimate of drug-likeness (QED) is 0.329. The molecule has 18 heavy (non-hydrogen) atoms. The molecule has 0 spiro atoms. The Kier molecular flexibility index (Phi) is 8.49. The van der Waals surface area contributed by atoms with Crippen LogP contribution in [0.5, 0.6) is 0 Å². The second-order valence-electron chi connectivity index (χ2n) is 6.35. The van der Waals surface area contributed by atoms with E-state index in [1.807, 2.05) is 0 Å². The van der Waals surface area contributed by atoms with Crippen molar-refractivity contribution in [3.8, 4) is 0 Å². The van der Waals surface area contributed by atoms with Crippen LogP contribution in [0.25, 0.3) is 0 Å². The maximum absolute atomic E-state index is 5.56. The standard InChI is InChI=1S/C15H32NO.ClH/c1-5-6-7-8-9-10-11-12-13-16(3,4)15(2)14-17-15;/h5-14H2,1-4H3;1H/q+1;/p-1. The van der Waals surface area contributed by atoms with Gasteiger partial charge in [-0.05, 0) is 12.8 Å². The van der Waals surface area contributed by atoms with Crippen LogP contribution in [0.1, 0.15) is 65.2 Å². The lowest BCUT2D eigenvalue weighted by Gasteiger charge is -2.33. The van der Waals surface area contributed by atoms with Crippen LogP contribution >= 0.6 is 0 Å². The summed E-state index contributed by atoms with van der Waals surface area (Å²) in [6.07, 6.45) is 11.2. The average molecular weight is 278 g/mol. The van der Waals surface area contributed by atoms with Crippen LogP contribution in [0.15, 0.2) is 0 Å². The molecule has 1 unspecified atom stereocenters. The number of hydrogen-bond acceptors (Lipinski definition) is 1. The predicted molar refractivity (Wildman–Crippen MR) is 73.9 cm³/mol. The second kappa shape index (κ2) is 8.39. The monoisotopic (exact) mass is 277 g/mol. The van der Waals surface area contributed by atoms with Crippen molar-refractivity contribution >= 4 is 0 Å². The van der Waals surface area contributed by atoms with Gasteiger partial charge in [-0.2, -0.15) is 0 Å². The molecule has 1 aliphatic heterocycles. The number of likely N-dealkylation sites (N-methyl/N-ethyl adjacent to an activating group) is 1. The van der Waals surface area contributed by atoms with Crippen molar-refractivity contribution in [3.05, 3.63) is 0 Å². The average Bonchev–Trinajstić information content (AvgIpc) is 3.02. The number of halogens is 1. The molecular weight excluding hydrogens is 246 g/mol. The Morgan fingerprint density at radius 1 is 0.944 bits per heavy atom. The SMILES string of the molecule is CCCCCCCCCC[N+](C)(C)C1(C)CO1.[Cl-]. The molecule has 1 atom stereocenters. The van der Waals surface area contributed by atoms with Gasteiger partial charge in [-0.3, -0.25) is 4.48 Å². The third kappa shape index (κ3) is 5.90. The molecule has 0 N–H and O–H groups in total. The van der Waals surface area contributed by atoms with Crippen molar-refractivity contribution in [1.82, 2.24) is 0 Å². The largest absolute Gasteiger partial charge is 1.00 e. The van der Waals surface area contributed by atoms with Gasteiger partial charge in [0.1, 0.15) is 6.61 Å². The molecule has 2 nitrogen and oxygen atoms in total. The van der Waals surface area contributed by atoms with Crippen molar-refractivity contribution in [2.45, 2.75) is 70.9 Å². The Morgan fingerprint density at radius 3 is 1.83 bits per heavy atom. The van der Waals surface area contributed by atoms with E-state index >= 15 is 0 Å². The van der Waals surface area contributed by atoms with Crippen LogP contribution in [0.4, 0.5) is 0 Å². The van der Waals surface area contributed by atoms with Gasteiger partial charge >= 0.3 is 0 Å². The molecule has 0 saturated carbocycles. The zero-order chi connectivity index (χ0) is 12.8. The summed E-state index contributed by atoms with van der Waals surface area (Å²) in [6.45, 7) is 6.71. The Morgan fingerprint density at radius 2 is 1.39 bits per heavy atom. The van der Waals surface area contributed by atoms with Crippen molar-refractivity contribution in [2.75, 3.05) is 27.2 Å². The molecule has 1 heterocycles. The van der Waals surface area contributed by atoms with Gasteiger partial charge in [0.2, 0.25) is 5.72 Å². The van der Waals surface area contributed by atoms with Crippen molar-refractivity contribution in [3.63, 3.8) is 0 Å². The zero-order valence-electron chi connectivity index (χ0n) is 12.8. The second-order valence-corrected chi connectivity index (χ2v) is 6.35. The summed E-state index contributed by atoms with van der Waals surface area (Å²) in [5, 5.41) is 0. The minimum absolute atomic E-state index is 0. The molecule has 3 heteroatoms. The van der Waals surface area contributed by atoms with Crippen LogP contribution in [0.2, 0.25) is 0 Å². The normalized spacial score (nSPS) is 22.7. The lowest BCUT2D eigenvalue weighted by atomic mass is 10.1. The molecule has 1 rings (SSSR count). The molecule has 0 aromatic carbocycles. The smallest absolute Gasteiger partial charge is 0.224 e. The number of hydrogen-bond donors (Lipinski definition) is 0. The third-order valence-electron chi connectivity index (χ3n) is 4.41. The lowest BCUT2D eigenvalue weighted by Crippen LogP contribution is -3.00. The molecule has 0 aliphatic carbocycles. The van der Waals surface area contributed by atoms with Crippen molar-refractivity contribution < 1.29 is 21.6 Å². The first-order valence-electron chi connectivity index (χ1n) is 7.49. The fourth-order valence-corrected chi connectivity index (χ4v) is 2.33. The highest BCUT2D eigenvalue weighted by atomic mass is 35.5. The van der Waals surface area contributed by atoms with Crippen LogP contribution in [-0.4, -0.2) is 37.5 Å². The maximum Gasteiger partial charge on any atom is 0.224 e. The predicted octanol–water partition coefficient (Wildman–Crippen LogP) is 0.954. The Labute approximate surface area is 120 Å². The van der Waals surface area contributed by atoms with E-state index in [4.69, 9.17) is 4.74 Å². The number of unbranched alkanes of at least 4 members (excludes halogenated alkanes) is 7. The number of nitrogens with zero attached hydrogens (tertiary/aromatic N) is 1. The highest BCUT2D eigenvalue weighted by molar-refractivity contribution is 4.75. The van der Waals surface area contributed by atoms with E-state index in [-0.39, 0.29) is 18.1 Å². The van der Waals surface area contributed by atoms with E-state index in [9.17, 15) is 0 Å². The summed E-state index contributed by atoms with van der Waals surface area (Å²) in [6, 6.07) is 0. The molecule has 0 aromatic heterocycles. The molecule has 1 saturated heterocycles. The molecule has 0 bridgehead atoms. The van der Waals surface area contributed by atoms with Gasteiger partial charge in [0.15, 0.2) is 0 Å². The lowest BCUT2D eigenvalue weighted by molar-refractivity contribution is -0.935. The minimum Gasteiger partial charge on any atom is -1.00 e. The first-order valence-corrected chi connectivity index (χ1v) is 7.49. The van der Waals surface area contributed by atoms with E-state index in [0.717, 1.165) is 11.1 Å². The zero-order valence-corrected chi connectivity index (χ0v) is 13.6. The van der Waals surface area contributed by atoms with Crippen LogP contribution in [0, 0.1) is 0 Å². The number of quaternary nitrogens is 1. The van der Waals surface area contributed by atoms with E-state index in [1.54, 1.807) is 0 Å². The van der Waals surface area contributed by atoms with Gasteiger partial charge < -0.3 is 17.1 Å². The van der Waals surface area contributed by atoms with Gasteiger partial charge in [-0.1, -0.05) is 45.4 Å². The highest BCUT2D eigenvalue weighted by Gasteiger charge is 2.53. The summed E-state index contributed by atoms with van der Waals surface area (Å²) in [5.74, 6) is 0. The Hall–Kier alpha value is 0.210. The van der Waals surface area contributed by atoms with E-state index in [0.29, 0.717) is 0 Å². The highest BCUT2D eigenvalue weighted by Crippen LogP contribution is 2.34. The van der Waals surface area contributed by atoms with Gasteiger partial charge in [-0.15, -0.1) is 0 Å². The minimum atomic E-state index is 0. The first-order chi connectivity index (χ1) is 8.02.